The quantitative estimate of drug-likeness (QED) is 0.707. The third-order valence-electron chi connectivity index (χ3n) is 2.13. The number of halogens is 1. The highest BCUT2D eigenvalue weighted by molar-refractivity contribution is 14.1. The van der Waals surface area contributed by atoms with E-state index in [1.165, 1.54) is 23.0 Å². The Morgan fingerprint density at radius 3 is 2.21 bits per heavy atom. The van der Waals surface area contributed by atoms with Gasteiger partial charge in [-0.2, -0.15) is 0 Å². The topological polar surface area (TPSA) is 84.9 Å². The van der Waals surface area contributed by atoms with Crippen molar-refractivity contribution < 1.29 is 22.5 Å². The fourth-order valence-corrected chi connectivity index (χ4v) is 1.70. The fraction of sp³-hybridized carbons (Fsp3) is 0.833. The molecule has 6 nitrogen and oxygen atoms in total. The molecule has 2 atom stereocenters. The van der Waals surface area contributed by atoms with Crippen LogP contribution in [-0.2, 0) is 12.6 Å². The van der Waals surface area contributed by atoms with Gasteiger partial charge < -0.3 is 18.2 Å². The zero-order valence-corrected chi connectivity index (χ0v) is 14.1. The zero-order chi connectivity index (χ0) is 15.2. The second-order valence-corrected chi connectivity index (χ2v) is 6.16. The molecule has 0 aliphatic heterocycles. The van der Waals surface area contributed by atoms with Crippen LogP contribution in [0.1, 0.15) is 41.0 Å². The van der Waals surface area contributed by atoms with Gasteiger partial charge >= 0.3 is 12.1 Å². The van der Waals surface area contributed by atoms with E-state index in [-0.39, 0.29) is 5.92 Å². The van der Waals surface area contributed by atoms with Crippen molar-refractivity contribution in [1.29, 1.82) is 0 Å². The van der Waals surface area contributed by atoms with Gasteiger partial charge in [-0.25, -0.2) is 9.59 Å². The van der Waals surface area contributed by atoms with Crippen LogP contribution in [0, 0.1) is 5.92 Å². The van der Waals surface area contributed by atoms with E-state index in [1.807, 2.05) is 13.8 Å². The number of carbonyl (C=O) groups excluding carboxylic acids is 2. The molecule has 0 spiro atoms. The molecule has 0 aliphatic carbocycles. The molecule has 0 fully saturated rings. The lowest BCUT2D eigenvalue weighted by Gasteiger charge is -2.26. The van der Waals surface area contributed by atoms with E-state index in [0.29, 0.717) is 6.42 Å². The number of carbonyl (C=O) groups is 2. The van der Waals surface area contributed by atoms with Gasteiger partial charge in [0.1, 0.15) is 5.60 Å². The van der Waals surface area contributed by atoms with Crippen LogP contribution in [0.15, 0.2) is 0 Å². The summed E-state index contributed by atoms with van der Waals surface area (Å²) in [5.41, 5.74) is -0.638. The number of rotatable bonds is 5. The molecule has 0 aromatic heterocycles. The molecule has 0 rings (SSSR count). The Labute approximate surface area is 127 Å². The predicted molar refractivity (Wildman–Crippen MR) is 78.7 cm³/mol. The largest absolute Gasteiger partial charge is 0.444 e. The average Bonchev–Trinajstić information content (AvgIpc) is 2.22. The fourth-order valence-electron chi connectivity index (χ4n) is 1.44. The summed E-state index contributed by atoms with van der Waals surface area (Å²) in [5, 5.41) is 12.3. The van der Waals surface area contributed by atoms with Crippen molar-refractivity contribution in [2.45, 2.75) is 58.8 Å². The van der Waals surface area contributed by atoms with Crippen LogP contribution in [0.3, 0.4) is 0 Å². The highest BCUT2D eigenvalue weighted by Crippen LogP contribution is 2.13. The Bertz CT molecular complexity index is 314. The van der Waals surface area contributed by atoms with E-state index in [4.69, 9.17) is 4.74 Å². The number of nitrogens with one attached hydrogen (secondary N) is 1. The van der Waals surface area contributed by atoms with Crippen molar-refractivity contribution in [3.05, 3.63) is 0 Å². The summed E-state index contributed by atoms with van der Waals surface area (Å²) in [4.78, 5) is 23.0. The number of amides is 1. The maximum absolute atomic E-state index is 11.7. The molecule has 0 heterocycles. The zero-order valence-electron chi connectivity index (χ0n) is 11.9. The molecular weight excluding hydrogens is 365 g/mol. The Kier molecular flexibility index (Phi) is 7.65. The predicted octanol–water partition coefficient (Wildman–Crippen LogP) is 2.18. The molecule has 19 heavy (non-hydrogen) atoms. The van der Waals surface area contributed by atoms with E-state index in [9.17, 15) is 14.7 Å². The molecule has 0 aromatic rings. The Hall–Kier alpha value is -0.570. The lowest BCUT2D eigenvalue weighted by atomic mass is 9.99. The molecule has 0 saturated heterocycles. The van der Waals surface area contributed by atoms with Crippen LogP contribution in [-0.4, -0.2) is 34.9 Å². The second kappa shape index (κ2) is 7.88. The maximum Gasteiger partial charge on any atom is 0.407 e. The minimum absolute atomic E-state index is 0.191. The molecule has 112 valence electrons. The maximum atomic E-state index is 11.7. The summed E-state index contributed by atoms with van der Waals surface area (Å²) < 4.78 is 9.54. The van der Waals surface area contributed by atoms with E-state index in [2.05, 4.69) is 8.38 Å². The van der Waals surface area contributed by atoms with E-state index < -0.39 is 29.8 Å². The lowest BCUT2D eigenvalue weighted by Crippen LogP contribution is -2.49. The molecular formula is C12H22INO5. The summed E-state index contributed by atoms with van der Waals surface area (Å²) >= 11 is 1.40. The first-order valence-electron chi connectivity index (χ1n) is 6.07. The van der Waals surface area contributed by atoms with Crippen molar-refractivity contribution in [3.8, 4) is 0 Å². The van der Waals surface area contributed by atoms with Gasteiger partial charge in [-0.3, -0.25) is 0 Å². The van der Waals surface area contributed by atoms with Crippen molar-refractivity contribution in [1.82, 2.24) is 5.32 Å². The molecule has 0 aliphatic rings. The standard InChI is InChI=1S/C12H22INO5/c1-7(2)6-8(9(15)10(16)19-13)14-11(17)18-12(3,4)5/h7-9,15H,6H2,1-5H3,(H,14,17)/t8-,9+/m0/s1. The van der Waals surface area contributed by atoms with Crippen LogP contribution in [0.25, 0.3) is 0 Å². The van der Waals surface area contributed by atoms with E-state index >= 15 is 0 Å². The number of hydrogen-bond acceptors (Lipinski definition) is 5. The molecule has 0 aromatic carbocycles. The number of hydrogen-bond donors (Lipinski definition) is 2. The number of ether oxygens (including phenoxy) is 1. The summed E-state index contributed by atoms with van der Waals surface area (Å²) in [6.45, 7) is 9.05. The molecule has 7 heteroatoms. The van der Waals surface area contributed by atoms with Crippen LogP contribution in [0.5, 0.6) is 0 Å². The summed E-state index contributed by atoms with van der Waals surface area (Å²) in [6, 6.07) is -0.739. The summed E-state index contributed by atoms with van der Waals surface area (Å²) in [7, 11) is 0. The van der Waals surface area contributed by atoms with Crippen molar-refractivity contribution >= 4 is 35.1 Å². The third-order valence-corrected chi connectivity index (χ3v) is 2.56. The second-order valence-electron chi connectivity index (χ2n) is 5.72. The van der Waals surface area contributed by atoms with Crippen LogP contribution in [0.2, 0.25) is 0 Å². The number of aliphatic hydroxyl groups excluding tert-OH is 1. The molecule has 0 saturated carbocycles. The van der Waals surface area contributed by atoms with Crippen molar-refractivity contribution in [2.75, 3.05) is 0 Å². The Balaban J connectivity index is 4.68. The highest BCUT2D eigenvalue weighted by Gasteiger charge is 2.30. The molecule has 0 bridgehead atoms. The number of aliphatic hydroxyl groups is 1. The van der Waals surface area contributed by atoms with E-state index in [0.717, 1.165) is 0 Å². The van der Waals surface area contributed by atoms with Gasteiger partial charge in [0.15, 0.2) is 29.1 Å². The Morgan fingerprint density at radius 1 is 1.32 bits per heavy atom. The molecule has 2 N–H and O–H groups in total. The Morgan fingerprint density at radius 2 is 1.84 bits per heavy atom. The summed E-state index contributed by atoms with van der Waals surface area (Å²) in [6.07, 6.45) is -1.64. The van der Waals surface area contributed by atoms with Gasteiger partial charge in [-0.05, 0) is 33.1 Å². The van der Waals surface area contributed by atoms with Gasteiger partial charge in [0.05, 0.1) is 6.04 Å². The van der Waals surface area contributed by atoms with Gasteiger partial charge in [-0.15, -0.1) is 0 Å². The first-order valence-corrected chi connectivity index (χ1v) is 6.95. The minimum atomic E-state index is -1.41. The smallest absolute Gasteiger partial charge is 0.407 e. The monoisotopic (exact) mass is 387 g/mol. The molecule has 0 radical (unpaired) electrons. The minimum Gasteiger partial charge on any atom is -0.444 e. The van der Waals surface area contributed by atoms with Crippen LogP contribution >= 0.6 is 23.0 Å². The van der Waals surface area contributed by atoms with Gasteiger partial charge in [0, 0.05) is 0 Å². The SMILES string of the molecule is CC(C)C[C@H](NC(=O)OC(C)(C)C)[C@@H](O)C(=O)OI. The van der Waals surface area contributed by atoms with Crippen LogP contribution < -0.4 is 5.32 Å². The first-order chi connectivity index (χ1) is 8.56. The third kappa shape index (κ3) is 8.25. The summed E-state index contributed by atoms with van der Waals surface area (Å²) in [5.74, 6) is -0.598. The highest BCUT2D eigenvalue weighted by atomic mass is 127. The van der Waals surface area contributed by atoms with Crippen molar-refractivity contribution in [2.24, 2.45) is 5.92 Å². The number of alkyl carbamates (subject to hydrolysis) is 1. The molecule has 1 amide bonds. The normalized spacial score (nSPS) is 14.7. The lowest BCUT2D eigenvalue weighted by molar-refractivity contribution is -0.142. The van der Waals surface area contributed by atoms with Gasteiger partial charge in [0.2, 0.25) is 0 Å². The van der Waals surface area contributed by atoms with Gasteiger partial charge in [0.25, 0.3) is 0 Å². The van der Waals surface area contributed by atoms with E-state index in [1.54, 1.807) is 20.8 Å². The molecule has 0 unspecified atom stereocenters. The van der Waals surface area contributed by atoms with Crippen LogP contribution in [0.4, 0.5) is 4.79 Å². The van der Waals surface area contributed by atoms with Crippen molar-refractivity contribution in [3.63, 3.8) is 0 Å². The van der Waals surface area contributed by atoms with Gasteiger partial charge in [-0.1, -0.05) is 13.8 Å². The first kappa shape index (κ1) is 18.4. The average molecular weight is 387 g/mol.